The molecule has 26 heavy (non-hydrogen) atoms. The first-order valence-electron chi connectivity index (χ1n) is 8.55. The maximum Gasteiger partial charge on any atom is 0.274 e. The lowest BCUT2D eigenvalue weighted by molar-refractivity contribution is 0.0942. The number of aromatic nitrogens is 4. The van der Waals surface area contributed by atoms with Gasteiger partial charge in [-0.2, -0.15) is 9.50 Å². The molecule has 0 aromatic carbocycles. The smallest absolute Gasteiger partial charge is 0.274 e. The normalized spacial score (nSPS) is 14.5. The maximum absolute atomic E-state index is 12.6. The van der Waals surface area contributed by atoms with E-state index in [2.05, 4.69) is 25.3 Å². The number of rotatable bonds is 4. The molecule has 0 atom stereocenters. The summed E-state index contributed by atoms with van der Waals surface area (Å²) in [6.45, 7) is 2.15. The average Bonchev–Trinajstić information content (AvgIpc) is 3.11. The van der Waals surface area contributed by atoms with Gasteiger partial charge in [-0.1, -0.05) is 17.4 Å². The van der Waals surface area contributed by atoms with Crippen molar-refractivity contribution in [3.8, 4) is 0 Å². The summed E-state index contributed by atoms with van der Waals surface area (Å²) in [5.41, 5.74) is 0.489. The van der Waals surface area contributed by atoms with Gasteiger partial charge < -0.3 is 10.2 Å². The molecule has 0 spiro atoms. The van der Waals surface area contributed by atoms with Gasteiger partial charge in [-0.05, 0) is 31.4 Å². The Hall–Kier alpha value is -2.81. The summed E-state index contributed by atoms with van der Waals surface area (Å²) in [5, 5.41) is 8.12. The molecule has 0 bridgehead atoms. The number of nitrogens with one attached hydrogen (secondary N) is 1. The van der Waals surface area contributed by atoms with E-state index in [0.717, 1.165) is 36.8 Å². The minimum absolute atomic E-state index is 0.190. The quantitative estimate of drug-likeness (QED) is 0.748. The van der Waals surface area contributed by atoms with E-state index in [1.54, 1.807) is 6.20 Å². The third-order valence-corrected chi connectivity index (χ3v) is 5.23. The Morgan fingerprint density at radius 2 is 2.08 bits per heavy atom. The molecule has 9 heteroatoms. The van der Waals surface area contributed by atoms with Crippen LogP contribution in [0.3, 0.4) is 0 Å². The summed E-state index contributed by atoms with van der Waals surface area (Å²) in [4.78, 5) is 35.3. The maximum atomic E-state index is 12.6. The number of amides is 1. The van der Waals surface area contributed by atoms with Gasteiger partial charge in [0.25, 0.3) is 11.5 Å². The molecule has 1 N–H and O–H groups in total. The summed E-state index contributed by atoms with van der Waals surface area (Å²) in [7, 11) is 0. The van der Waals surface area contributed by atoms with E-state index < -0.39 is 5.56 Å². The van der Waals surface area contributed by atoms with Crippen LogP contribution in [-0.4, -0.2) is 38.6 Å². The molecular formula is C17H18N6O2S. The van der Waals surface area contributed by atoms with Crippen LogP contribution < -0.4 is 15.8 Å². The van der Waals surface area contributed by atoms with Gasteiger partial charge in [0.1, 0.15) is 5.69 Å². The van der Waals surface area contributed by atoms with Crippen LogP contribution in [0.4, 0.5) is 5.13 Å². The molecule has 134 valence electrons. The third-order valence-electron chi connectivity index (χ3n) is 4.26. The van der Waals surface area contributed by atoms with Crippen LogP contribution in [0.1, 0.15) is 35.4 Å². The van der Waals surface area contributed by atoms with Gasteiger partial charge in [0.15, 0.2) is 0 Å². The van der Waals surface area contributed by atoms with E-state index in [9.17, 15) is 9.59 Å². The molecule has 1 aliphatic rings. The van der Waals surface area contributed by atoms with Crippen LogP contribution in [0.15, 0.2) is 35.3 Å². The zero-order valence-electron chi connectivity index (χ0n) is 14.1. The summed E-state index contributed by atoms with van der Waals surface area (Å²) >= 11 is 1.34. The van der Waals surface area contributed by atoms with Gasteiger partial charge in [0.2, 0.25) is 10.1 Å². The molecule has 3 aromatic rings. The van der Waals surface area contributed by atoms with Crippen molar-refractivity contribution in [1.29, 1.82) is 0 Å². The molecule has 8 nitrogen and oxygen atoms in total. The molecular weight excluding hydrogens is 352 g/mol. The van der Waals surface area contributed by atoms with Crippen LogP contribution in [0.25, 0.3) is 4.96 Å². The molecule has 0 saturated carbocycles. The zero-order valence-corrected chi connectivity index (χ0v) is 14.9. The molecule has 4 heterocycles. The monoisotopic (exact) mass is 370 g/mol. The van der Waals surface area contributed by atoms with Gasteiger partial charge in [0, 0.05) is 25.4 Å². The number of hydrogen-bond donors (Lipinski definition) is 1. The highest BCUT2D eigenvalue weighted by Crippen LogP contribution is 2.25. The first-order valence-corrected chi connectivity index (χ1v) is 9.36. The topological polar surface area (TPSA) is 92.5 Å². The van der Waals surface area contributed by atoms with Crippen LogP contribution >= 0.6 is 11.3 Å². The fourth-order valence-electron chi connectivity index (χ4n) is 2.94. The van der Waals surface area contributed by atoms with Gasteiger partial charge in [-0.3, -0.25) is 14.6 Å². The number of fused-ring (bicyclic) bond motifs is 1. The van der Waals surface area contributed by atoms with Crippen molar-refractivity contribution in [2.24, 2.45) is 0 Å². The second-order valence-corrected chi connectivity index (χ2v) is 7.04. The Morgan fingerprint density at radius 1 is 1.23 bits per heavy atom. The molecule has 1 saturated heterocycles. The largest absolute Gasteiger partial charge is 0.347 e. The predicted molar refractivity (Wildman–Crippen MR) is 98.6 cm³/mol. The fraction of sp³-hybridized carbons (Fsp3) is 0.353. The summed E-state index contributed by atoms with van der Waals surface area (Å²) in [6, 6.07) is 6.72. The van der Waals surface area contributed by atoms with E-state index in [-0.39, 0.29) is 18.1 Å². The number of anilines is 1. The zero-order chi connectivity index (χ0) is 17.9. The molecule has 0 unspecified atom stereocenters. The highest BCUT2D eigenvalue weighted by atomic mass is 32.1. The number of pyridine rings is 1. The van der Waals surface area contributed by atoms with E-state index in [4.69, 9.17) is 0 Å². The molecule has 1 fully saturated rings. The van der Waals surface area contributed by atoms with Crippen LogP contribution in [0.5, 0.6) is 0 Å². The Morgan fingerprint density at radius 3 is 2.85 bits per heavy atom. The lowest BCUT2D eigenvalue weighted by Crippen LogP contribution is -2.30. The van der Waals surface area contributed by atoms with Gasteiger partial charge in [-0.15, -0.1) is 5.10 Å². The average molecular weight is 370 g/mol. The van der Waals surface area contributed by atoms with Crippen molar-refractivity contribution >= 4 is 27.3 Å². The molecule has 0 radical (unpaired) electrons. The highest BCUT2D eigenvalue weighted by Gasteiger charge is 2.19. The van der Waals surface area contributed by atoms with Crippen molar-refractivity contribution in [2.45, 2.75) is 25.8 Å². The summed E-state index contributed by atoms with van der Waals surface area (Å²) in [6.07, 6.45) is 5.14. The van der Waals surface area contributed by atoms with Gasteiger partial charge in [-0.25, -0.2) is 0 Å². The second-order valence-electron chi connectivity index (χ2n) is 6.11. The summed E-state index contributed by atoms with van der Waals surface area (Å²) in [5.74, 6) is -0.374. The lowest BCUT2D eigenvalue weighted by atomic mass is 10.1. The highest BCUT2D eigenvalue weighted by molar-refractivity contribution is 7.20. The fourth-order valence-corrected chi connectivity index (χ4v) is 3.90. The second kappa shape index (κ2) is 7.20. The first kappa shape index (κ1) is 16.6. The summed E-state index contributed by atoms with van der Waals surface area (Å²) < 4.78 is 1.46. The number of carbonyl (C=O) groups excluding carboxylic acids is 1. The Labute approximate surface area is 153 Å². The Bertz CT molecular complexity index is 978. The lowest BCUT2D eigenvalue weighted by Gasteiger charge is -2.25. The Kier molecular flexibility index (Phi) is 4.61. The van der Waals surface area contributed by atoms with Crippen LogP contribution in [-0.2, 0) is 6.54 Å². The number of nitrogens with zero attached hydrogens (tertiary/aromatic N) is 5. The molecule has 0 aliphatic carbocycles. The SMILES string of the molecule is O=C(NCc1ccccn1)c1cc(=O)nc2sc(N3CCCCC3)nn12. The van der Waals surface area contributed by atoms with Gasteiger partial charge >= 0.3 is 0 Å². The van der Waals surface area contributed by atoms with Crippen molar-refractivity contribution < 1.29 is 4.79 Å². The van der Waals surface area contributed by atoms with Crippen molar-refractivity contribution in [3.63, 3.8) is 0 Å². The van der Waals surface area contributed by atoms with Crippen molar-refractivity contribution in [1.82, 2.24) is 24.9 Å². The first-order chi connectivity index (χ1) is 12.7. The van der Waals surface area contributed by atoms with Crippen molar-refractivity contribution in [2.75, 3.05) is 18.0 Å². The van der Waals surface area contributed by atoms with E-state index in [1.807, 2.05) is 18.2 Å². The minimum atomic E-state index is -0.443. The van der Waals surface area contributed by atoms with E-state index in [0.29, 0.717) is 4.96 Å². The molecule has 3 aromatic heterocycles. The van der Waals surface area contributed by atoms with E-state index in [1.165, 1.54) is 28.3 Å². The minimum Gasteiger partial charge on any atom is -0.347 e. The standard InChI is InChI=1S/C17H18N6O2S/c24-14-10-13(15(25)19-11-12-6-2-3-7-18-12)23-16(20-14)26-17(21-23)22-8-4-1-5-9-22/h2-3,6-7,10H,1,4-5,8-9,11H2,(H,19,25). The number of carbonyl (C=O) groups is 1. The number of piperidine rings is 1. The van der Waals surface area contributed by atoms with Crippen LogP contribution in [0.2, 0.25) is 0 Å². The van der Waals surface area contributed by atoms with E-state index >= 15 is 0 Å². The predicted octanol–water partition coefficient (Wildman–Crippen LogP) is 1.47. The Balaban J connectivity index is 1.62. The van der Waals surface area contributed by atoms with Crippen molar-refractivity contribution in [3.05, 3.63) is 52.2 Å². The van der Waals surface area contributed by atoms with Gasteiger partial charge in [0.05, 0.1) is 12.2 Å². The molecule has 4 rings (SSSR count). The molecule has 1 aliphatic heterocycles. The van der Waals surface area contributed by atoms with Crippen LogP contribution in [0, 0.1) is 0 Å². The molecule has 1 amide bonds. The third kappa shape index (κ3) is 3.43. The number of hydrogen-bond acceptors (Lipinski definition) is 7.